The monoisotopic (exact) mass is 421 g/mol. The molecule has 0 aliphatic rings. The Morgan fingerprint density at radius 3 is 2.52 bits per heavy atom. The molecule has 0 unspecified atom stereocenters. The number of aryl methyl sites for hydroxylation is 1. The topological polar surface area (TPSA) is 93.5 Å². The van der Waals surface area contributed by atoms with Gasteiger partial charge in [-0.15, -0.1) is 0 Å². The van der Waals surface area contributed by atoms with Crippen LogP contribution >= 0.6 is 11.6 Å². The van der Waals surface area contributed by atoms with Gasteiger partial charge in [0.05, 0.1) is 16.8 Å². The highest BCUT2D eigenvalue weighted by Crippen LogP contribution is 2.28. The lowest BCUT2D eigenvalue weighted by Gasteiger charge is -2.27. The van der Waals surface area contributed by atoms with E-state index < -0.39 is 17.2 Å². The molecule has 29 heavy (non-hydrogen) atoms. The highest BCUT2D eigenvalue weighted by atomic mass is 35.5. The van der Waals surface area contributed by atoms with Gasteiger partial charge in [-0.05, 0) is 46.8 Å². The van der Waals surface area contributed by atoms with Crippen LogP contribution in [0.5, 0.6) is 0 Å². The molecular weight excluding hydrogens is 394 g/mol. The molecular formula is C21H28ClN3O4. The lowest BCUT2D eigenvalue weighted by atomic mass is 10.1. The van der Waals surface area contributed by atoms with Gasteiger partial charge in [-0.1, -0.05) is 23.7 Å². The van der Waals surface area contributed by atoms with E-state index in [-0.39, 0.29) is 18.9 Å². The average Bonchev–Trinajstić information content (AvgIpc) is 3.06. The van der Waals surface area contributed by atoms with Crippen molar-refractivity contribution in [1.82, 2.24) is 15.6 Å². The minimum absolute atomic E-state index is 0.168. The molecule has 0 aliphatic carbocycles. The fourth-order valence-electron chi connectivity index (χ4n) is 2.52. The SMILES string of the molecule is CC(C)(CNC(=O)OC(C)(C)C)NC(=O)CCc1ncc(-c2ccccc2Cl)o1. The van der Waals surface area contributed by atoms with Crippen LogP contribution in [-0.4, -0.2) is 34.7 Å². The number of ether oxygens (including phenoxy) is 1. The zero-order valence-corrected chi connectivity index (χ0v) is 18.2. The largest absolute Gasteiger partial charge is 0.444 e. The molecule has 1 heterocycles. The molecule has 0 bridgehead atoms. The molecule has 0 radical (unpaired) electrons. The second-order valence-electron chi connectivity index (χ2n) is 8.39. The van der Waals surface area contributed by atoms with E-state index in [0.29, 0.717) is 23.1 Å². The van der Waals surface area contributed by atoms with Gasteiger partial charge in [-0.25, -0.2) is 9.78 Å². The predicted octanol–water partition coefficient (Wildman–Crippen LogP) is 4.35. The summed E-state index contributed by atoms with van der Waals surface area (Å²) in [6.45, 7) is 9.26. The number of halogens is 1. The number of carbonyl (C=O) groups is 2. The van der Waals surface area contributed by atoms with Crippen molar-refractivity contribution in [2.45, 2.75) is 58.6 Å². The summed E-state index contributed by atoms with van der Waals surface area (Å²) < 4.78 is 10.9. The average molecular weight is 422 g/mol. The number of hydrogen-bond acceptors (Lipinski definition) is 5. The number of amides is 2. The summed E-state index contributed by atoms with van der Waals surface area (Å²) in [5, 5.41) is 6.13. The number of oxazole rings is 1. The number of alkyl carbamates (subject to hydrolysis) is 1. The maximum Gasteiger partial charge on any atom is 0.407 e. The van der Waals surface area contributed by atoms with Crippen LogP contribution in [0.1, 0.15) is 46.9 Å². The molecule has 0 saturated carbocycles. The summed E-state index contributed by atoms with van der Waals surface area (Å²) in [5.74, 6) is 0.853. The van der Waals surface area contributed by atoms with Crippen molar-refractivity contribution < 1.29 is 18.7 Å². The van der Waals surface area contributed by atoms with E-state index in [2.05, 4.69) is 15.6 Å². The normalized spacial score (nSPS) is 11.8. The van der Waals surface area contributed by atoms with Crippen molar-refractivity contribution in [1.29, 1.82) is 0 Å². The van der Waals surface area contributed by atoms with Crippen molar-refractivity contribution in [3.8, 4) is 11.3 Å². The Bertz CT molecular complexity index is 856. The van der Waals surface area contributed by atoms with Gasteiger partial charge in [0.25, 0.3) is 0 Å². The minimum atomic E-state index is -0.632. The summed E-state index contributed by atoms with van der Waals surface area (Å²) in [7, 11) is 0. The fraction of sp³-hybridized carbons (Fsp3) is 0.476. The first-order valence-corrected chi connectivity index (χ1v) is 9.80. The van der Waals surface area contributed by atoms with Crippen molar-refractivity contribution in [3.63, 3.8) is 0 Å². The molecule has 2 rings (SSSR count). The first kappa shape index (κ1) is 22.7. The number of aromatic nitrogens is 1. The lowest BCUT2D eigenvalue weighted by Crippen LogP contribution is -2.52. The number of nitrogens with zero attached hydrogens (tertiary/aromatic N) is 1. The third-order valence-corrected chi connectivity index (χ3v) is 4.14. The first-order valence-electron chi connectivity index (χ1n) is 9.43. The summed E-state index contributed by atoms with van der Waals surface area (Å²) in [6.07, 6.45) is 1.64. The Labute approximate surface area is 176 Å². The number of rotatable bonds is 7. The second kappa shape index (κ2) is 9.31. The van der Waals surface area contributed by atoms with Crippen LogP contribution in [0, 0.1) is 0 Å². The Morgan fingerprint density at radius 2 is 1.86 bits per heavy atom. The fourth-order valence-corrected chi connectivity index (χ4v) is 2.75. The highest BCUT2D eigenvalue weighted by Gasteiger charge is 2.23. The Kier molecular flexibility index (Phi) is 7.30. The van der Waals surface area contributed by atoms with E-state index in [1.54, 1.807) is 33.0 Å². The highest BCUT2D eigenvalue weighted by molar-refractivity contribution is 6.33. The van der Waals surface area contributed by atoms with Gasteiger partial charge in [0.1, 0.15) is 5.60 Å². The molecule has 0 saturated heterocycles. The molecule has 8 heteroatoms. The van der Waals surface area contributed by atoms with Crippen LogP contribution in [0.25, 0.3) is 11.3 Å². The molecule has 158 valence electrons. The molecule has 2 aromatic rings. The van der Waals surface area contributed by atoms with Crippen molar-refractivity contribution >= 4 is 23.6 Å². The number of hydrogen-bond donors (Lipinski definition) is 2. The molecule has 2 amide bonds. The zero-order chi connectivity index (χ0) is 21.7. The van der Waals surface area contributed by atoms with E-state index in [1.165, 1.54) is 0 Å². The smallest absolute Gasteiger partial charge is 0.407 e. The van der Waals surface area contributed by atoms with Gasteiger partial charge < -0.3 is 19.8 Å². The number of benzene rings is 1. The van der Waals surface area contributed by atoms with Crippen LogP contribution in [0.2, 0.25) is 5.02 Å². The Balaban J connectivity index is 1.82. The van der Waals surface area contributed by atoms with Crippen LogP contribution < -0.4 is 10.6 Å². The lowest BCUT2D eigenvalue weighted by molar-refractivity contribution is -0.122. The third kappa shape index (κ3) is 7.77. The van der Waals surface area contributed by atoms with Crippen LogP contribution in [0.3, 0.4) is 0 Å². The molecule has 0 aliphatic heterocycles. The van der Waals surface area contributed by atoms with E-state index in [9.17, 15) is 9.59 Å². The van der Waals surface area contributed by atoms with Gasteiger partial charge in [-0.2, -0.15) is 0 Å². The van der Waals surface area contributed by atoms with E-state index in [4.69, 9.17) is 20.8 Å². The maximum atomic E-state index is 12.3. The summed E-state index contributed by atoms with van der Waals surface area (Å²) in [6, 6.07) is 7.33. The third-order valence-electron chi connectivity index (χ3n) is 3.81. The van der Waals surface area contributed by atoms with Gasteiger partial charge in [0.15, 0.2) is 11.7 Å². The van der Waals surface area contributed by atoms with Crippen LogP contribution in [0.15, 0.2) is 34.9 Å². The summed E-state index contributed by atoms with van der Waals surface area (Å²) in [5.41, 5.74) is -0.448. The molecule has 0 atom stereocenters. The minimum Gasteiger partial charge on any atom is -0.444 e. The number of nitrogens with one attached hydrogen (secondary N) is 2. The maximum absolute atomic E-state index is 12.3. The zero-order valence-electron chi connectivity index (χ0n) is 17.5. The Morgan fingerprint density at radius 1 is 1.17 bits per heavy atom. The van der Waals surface area contributed by atoms with Crippen molar-refractivity contribution in [3.05, 3.63) is 41.4 Å². The van der Waals surface area contributed by atoms with Gasteiger partial charge in [0, 0.05) is 24.9 Å². The molecule has 0 spiro atoms. The van der Waals surface area contributed by atoms with Crippen molar-refractivity contribution in [2.24, 2.45) is 0 Å². The van der Waals surface area contributed by atoms with E-state index in [1.807, 2.05) is 32.0 Å². The van der Waals surface area contributed by atoms with Gasteiger partial charge >= 0.3 is 6.09 Å². The Hall–Kier alpha value is -2.54. The van der Waals surface area contributed by atoms with Crippen LogP contribution in [-0.2, 0) is 16.0 Å². The standard InChI is InChI=1S/C21H28ClN3O4/c1-20(2,3)29-19(27)24-13-21(4,5)25-17(26)10-11-18-23-12-16(28-18)14-8-6-7-9-15(14)22/h6-9,12H,10-11,13H2,1-5H3,(H,24,27)(H,25,26). The van der Waals surface area contributed by atoms with E-state index >= 15 is 0 Å². The van der Waals surface area contributed by atoms with E-state index in [0.717, 1.165) is 5.56 Å². The van der Waals surface area contributed by atoms with Crippen LogP contribution in [0.4, 0.5) is 4.79 Å². The molecule has 0 fully saturated rings. The first-order chi connectivity index (χ1) is 13.5. The molecule has 7 nitrogen and oxygen atoms in total. The summed E-state index contributed by atoms with van der Waals surface area (Å²) in [4.78, 5) is 28.3. The summed E-state index contributed by atoms with van der Waals surface area (Å²) >= 11 is 6.16. The predicted molar refractivity (Wildman–Crippen MR) is 112 cm³/mol. The quantitative estimate of drug-likeness (QED) is 0.693. The molecule has 2 N–H and O–H groups in total. The number of carbonyl (C=O) groups excluding carboxylic acids is 2. The second-order valence-corrected chi connectivity index (χ2v) is 8.79. The van der Waals surface area contributed by atoms with Gasteiger partial charge in [-0.3, -0.25) is 4.79 Å². The van der Waals surface area contributed by atoms with Crippen molar-refractivity contribution in [2.75, 3.05) is 6.54 Å². The van der Waals surface area contributed by atoms with Gasteiger partial charge in [0.2, 0.25) is 5.91 Å². The molecule has 1 aromatic carbocycles. The molecule has 1 aromatic heterocycles.